The molecule has 1 heterocycles. The van der Waals surface area contributed by atoms with Gasteiger partial charge in [0.15, 0.2) is 0 Å². The molecule has 1 atom stereocenters. The topological polar surface area (TPSA) is 48.4 Å². The molecule has 3 rings (SSSR count). The van der Waals surface area contributed by atoms with E-state index in [0.717, 1.165) is 36.0 Å². The molecule has 7 heteroatoms. The fourth-order valence-corrected chi connectivity index (χ4v) is 4.24. The lowest BCUT2D eigenvalue weighted by Gasteiger charge is -2.19. The van der Waals surface area contributed by atoms with Crippen LogP contribution in [0.2, 0.25) is 0 Å². The summed E-state index contributed by atoms with van der Waals surface area (Å²) in [6.07, 6.45) is 3.78. The average molecular weight is 542 g/mol. The molecular weight excluding hydrogens is 503 g/mol. The Morgan fingerprint density at radius 1 is 0.769 bits per heavy atom. The van der Waals surface area contributed by atoms with Crippen LogP contribution in [0.1, 0.15) is 70.8 Å². The second-order valence-corrected chi connectivity index (χ2v) is 9.74. The van der Waals surface area contributed by atoms with Crippen LogP contribution < -0.4 is 4.74 Å². The molecule has 3 aromatic rings. The smallest absolute Gasteiger partial charge is 0.424 e. The van der Waals surface area contributed by atoms with E-state index in [1.807, 2.05) is 19.1 Å². The van der Waals surface area contributed by atoms with Crippen LogP contribution in [0, 0.1) is 0 Å². The lowest BCUT2D eigenvalue weighted by Crippen LogP contribution is -2.42. The summed E-state index contributed by atoms with van der Waals surface area (Å²) < 4.78 is 49.7. The van der Waals surface area contributed by atoms with Gasteiger partial charge in [0.2, 0.25) is 0 Å². The molecule has 1 aromatic heterocycles. The molecule has 0 saturated heterocycles. The van der Waals surface area contributed by atoms with Crippen molar-refractivity contribution in [3.8, 4) is 28.1 Å². The van der Waals surface area contributed by atoms with E-state index in [-0.39, 0.29) is 12.4 Å². The Hall–Kier alpha value is -3.19. The van der Waals surface area contributed by atoms with Gasteiger partial charge in [0.1, 0.15) is 5.75 Å². The summed E-state index contributed by atoms with van der Waals surface area (Å²) in [6.45, 7) is 4.00. The zero-order valence-electron chi connectivity index (χ0n) is 22.8. The van der Waals surface area contributed by atoms with Crippen molar-refractivity contribution < 1.29 is 27.4 Å². The molecule has 2 aromatic carbocycles. The van der Waals surface area contributed by atoms with Gasteiger partial charge in [0, 0.05) is 23.9 Å². The quantitative estimate of drug-likeness (QED) is 0.109. The van der Waals surface area contributed by atoms with E-state index >= 15 is 0 Å². The van der Waals surface area contributed by atoms with Gasteiger partial charge in [0.05, 0.1) is 5.69 Å². The number of ether oxygens (including phenoxy) is 2. The van der Waals surface area contributed by atoms with Crippen LogP contribution in [0.4, 0.5) is 13.2 Å². The van der Waals surface area contributed by atoms with Crippen molar-refractivity contribution in [1.29, 1.82) is 0 Å². The third-order valence-corrected chi connectivity index (χ3v) is 6.53. The van der Waals surface area contributed by atoms with Gasteiger partial charge in [-0.1, -0.05) is 82.7 Å². The molecule has 0 saturated carbocycles. The third kappa shape index (κ3) is 9.81. The Balaban J connectivity index is 1.57. The minimum Gasteiger partial charge on any atom is -0.424 e. The van der Waals surface area contributed by atoms with Gasteiger partial charge in [-0.25, -0.2) is 4.79 Å². The highest BCUT2D eigenvalue weighted by Crippen LogP contribution is 2.27. The summed E-state index contributed by atoms with van der Waals surface area (Å²) in [6, 6.07) is 18.7. The zero-order chi connectivity index (χ0) is 28.1. The van der Waals surface area contributed by atoms with Gasteiger partial charge in [-0.2, -0.15) is 13.2 Å². The van der Waals surface area contributed by atoms with E-state index in [4.69, 9.17) is 9.47 Å². The Morgan fingerprint density at radius 2 is 1.38 bits per heavy atom. The lowest BCUT2D eigenvalue weighted by molar-refractivity contribution is -0.225. The fourth-order valence-electron chi connectivity index (χ4n) is 4.24. The highest BCUT2D eigenvalue weighted by Gasteiger charge is 2.47. The van der Waals surface area contributed by atoms with Crippen molar-refractivity contribution in [3.05, 3.63) is 72.4 Å². The Bertz CT molecular complexity index is 1130. The summed E-state index contributed by atoms with van der Waals surface area (Å²) in [5, 5.41) is 0. The number of pyridine rings is 1. The van der Waals surface area contributed by atoms with Gasteiger partial charge in [-0.05, 0) is 60.7 Å². The number of carbonyl (C=O) groups is 1. The maximum Gasteiger partial charge on any atom is 0.425 e. The molecular formula is C32H38F3NO3. The van der Waals surface area contributed by atoms with Crippen LogP contribution in [-0.2, 0) is 16.0 Å². The van der Waals surface area contributed by atoms with Crippen molar-refractivity contribution in [2.75, 3.05) is 6.61 Å². The Kier molecular flexibility index (Phi) is 12.0. The molecule has 0 radical (unpaired) electrons. The number of aromatic nitrogens is 1. The maximum absolute atomic E-state index is 13.3. The first-order valence-electron chi connectivity index (χ1n) is 13.9. The van der Waals surface area contributed by atoms with E-state index in [1.54, 1.807) is 18.3 Å². The number of rotatable bonds is 15. The first-order valence-corrected chi connectivity index (χ1v) is 13.9. The van der Waals surface area contributed by atoms with Crippen LogP contribution in [0.3, 0.4) is 0 Å². The van der Waals surface area contributed by atoms with Crippen LogP contribution in [0.25, 0.3) is 22.4 Å². The molecule has 4 nitrogen and oxygen atoms in total. The molecule has 0 bridgehead atoms. The van der Waals surface area contributed by atoms with Crippen molar-refractivity contribution in [1.82, 2.24) is 4.98 Å². The molecule has 210 valence electrons. The minimum absolute atomic E-state index is 0.0113. The van der Waals surface area contributed by atoms with Crippen molar-refractivity contribution in [2.45, 2.75) is 83.9 Å². The highest BCUT2D eigenvalue weighted by molar-refractivity contribution is 5.78. The molecule has 0 aliphatic carbocycles. The number of benzene rings is 2. The highest BCUT2D eigenvalue weighted by atomic mass is 19.4. The number of aryl methyl sites for hydroxylation is 1. The average Bonchev–Trinajstić information content (AvgIpc) is 2.93. The largest absolute Gasteiger partial charge is 0.425 e. The van der Waals surface area contributed by atoms with Crippen molar-refractivity contribution >= 4 is 5.97 Å². The predicted molar refractivity (Wildman–Crippen MR) is 149 cm³/mol. The number of carbonyl (C=O) groups excluding carboxylic acids is 1. The number of halogens is 3. The molecule has 1 unspecified atom stereocenters. The zero-order valence-corrected chi connectivity index (χ0v) is 22.8. The summed E-state index contributed by atoms with van der Waals surface area (Å²) in [4.78, 5) is 16.7. The number of hydrogen-bond donors (Lipinski definition) is 0. The Morgan fingerprint density at radius 3 is 2.00 bits per heavy atom. The second-order valence-electron chi connectivity index (χ2n) is 9.74. The summed E-state index contributed by atoms with van der Waals surface area (Å²) >= 11 is 0. The summed E-state index contributed by atoms with van der Waals surface area (Å²) in [5.41, 5.74) is 4.87. The monoisotopic (exact) mass is 541 g/mol. The van der Waals surface area contributed by atoms with Crippen LogP contribution in [-0.4, -0.2) is 29.8 Å². The van der Waals surface area contributed by atoms with Crippen LogP contribution in [0.15, 0.2) is 66.9 Å². The van der Waals surface area contributed by atoms with Crippen LogP contribution >= 0.6 is 0 Å². The van der Waals surface area contributed by atoms with Gasteiger partial charge in [-0.3, -0.25) is 4.98 Å². The third-order valence-electron chi connectivity index (χ3n) is 6.53. The van der Waals surface area contributed by atoms with Gasteiger partial charge < -0.3 is 9.47 Å². The van der Waals surface area contributed by atoms with E-state index in [2.05, 4.69) is 36.2 Å². The molecule has 0 spiro atoms. The SMILES string of the molecule is CCCCCCCc1ccc(-c2ccc(-c3ccc(OC(=O)C(OCCCCC)C(F)(F)F)cc3)nc2)cc1. The lowest BCUT2D eigenvalue weighted by atomic mass is 10.0. The number of nitrogens with zero attached hydrogens (tertiary/aromatic N) is 1. The molecule has 0 aliphatic rings. The number of hydrogen-bond acceptors (Lipinski definition) is 4. The van der Waals surface area contributed by atoms with Crippen LogP contribution in [0.5, 0.6) is 5.75 Å². The first-order chi connectivity index (χ1) is 18.8. The summed E-state index contributed by atoms with van der Waals surface area (Å²) in [5.74, 6) is -1.46. The molecule has 0 amide bonds. The minimum atomic E-state index is -4.84. The van der Waals surface area contributed by atoms with E-state index in [0.29, 0.717) is 12.1 Å². The van der Waals surface area contributed by atoms with E-state index < -0.39 is 18.2 Å². The number of alkyl halides is 3. The molecule has 0 N–H and O–H groups in total. The summed E-state index contributed by atoms with van der Waals surface area (Å²) in [7, 11) is 0. The fraction of sp³-hybridized carbons (Fsp3) is 0.438. The Labute approximate surface area is 229 Å². The van der Waals surface area contributed by atoms with E-state index in [1.165, 1.54) is 49.8 Å². The van der Waals surface area contributed by atoms with Gasteiger partial charge in [-0.15, -0.1) is 0 Å². The normalized spacial score (nSPS) is 12.3. The maximum atomic E-state index is 13.3. The second kappa shape index (κ2) is 15.4. The standard InChI is InChI=1S/C32H38F3NO3/c1-3-5-7-8-9-11-24-12-14-25(15-13-24)27-18-21-29(36-23-27)26-16-19-28(20-17-26)39-31(37)30(32(33,34)35)38-22-10-6-4-2/h12-21,23,30H,3-11,22H2,1-2H3. The van der Waals surface area contributed by atoms with Crippen molar-refractivity contribution in [2.24, 2.45) is 0 Å². The number of unbranched alkanes of at least 4 members (excludes halogenated alkanes) is 6. The predicted octanol–water partition coefficient (Wildman–Crippen LogP) is 8.97. The molecule has 0 fully saturated rings. The van der Waals surface area contributed by atoms with E-state index in [9.17, 15) is 18.0 Å². The van der Waals surface area contributed by atoms with Gasteiger partial charge >= 0.3 is 12.1 Å². The van der Waals surface area contributed by atoms with Gasteiger partial charge in [0.25, 0.3) is 6.10 Å². The number of esters is 1. The molecule has 0 aliphatic heterocycles. The van der Waals surface area contributed by atoms with Crippen molar-refractivity contribution in [3.63, 3.8) is 0 Å². The molecule has 39 heavy (non-hydrogen) atoms. The first kappa shape index (κ1) is 30.4.